The zero-order chi connectivity index (χ0) is 12.5. The second-order valence-electron chi connectivity index (χ2n) is 3.42. The highest BCUT2D eigenvalue weighted by Gasteiger charge is 2.05. The number of rotatable bonds is 7. The average molecular weight is 254 g/mol. The van der Waals surface area contributed by atoms with Gasteiger partial charge in [0.25, 0.3) is 0 Å². The Hall–Kier alpha value is -1.07. The lowest BCUT2D eigenvalue weighted by atomic mass is 10.3. The summed E-state index contributed by atoms with van der Waals surface area (Å²) in [7, 11) is 1.41. The van der Waals surface area contributed by atoms with Gasteiger partial charge in [-0.2, -0.15) is 0 Å². The van der Waals surface area contributed by atoms with Gasteiger partial charge in [-0.15, -0.1) is 11.8 Å². The third kappa shape index (κ3) is 5.19. The van der Waals surface area contributed by atoms with E-state index in [-0.39, 0.29) is 5.97 Å². The zero-order valence-electron chi connectivity index (χ0n) is 10.2. The highest BCUT2D eigenvalue weighted by Crippen LogP contribution is 2.20. The number of hydrogen-bond acceptors (Lipinski definition) is 5. The third-order valence-electron chi connectivity index (χ3n) is 2.19. The first-order chi connectivity index (χ1) is 8.27. The van der Waals surface area contributed by atoms with Crippen molar-refractivity contribution in [1.29, 1.82) is 0 Å². The van der Waals surface area contributed by atoms with Crippen LogP contribution in [0.3, 0.4) is 0 Å². The molecule has 1 aromatic heterocycles. The summed E-state index contributed by atoms with van der Waals surface area (Å²) in [5, 5.41) is 4.25. The molecule has 0 spiro atoms. The molecular formula is C12H18N2O2S. The van der Waals surface area contributed by atoms with Crippen molar-refractivity contribution in [2.75, 3.05) is 19.4 Å². The Morgan fingerprint density at radius 2 is 2.41 bits per heavy atom. The van der Waals surface area contributed by atoms with Crippen molar-refractivity contribution in [2.45, 2.75) is 24.9 Å². The van der Waals surface area contributed by atoms with E-state index in [1.165, 1.54) is 12.7 Å². The number of methoxy groups -OCH3 is 1. The molecule has 0 aliphatic rings. The van der Waals surface area contributed by atoms with Crippen molar-refractivity contribution in [2.24, 2.45) is 0 Å². The summed E-state index contributed by atoms with van der Waals surface area (Å²) >= 11 is 1.59. The maximum atomic E-state index is 11.0. The Bertz CT molecular complexity index is 358. The van der Waals surface area contributed by atoms with Crippen LogP contribution < -0.4 is 5.32 Å². The summed E-state index contributed by atoms with van der Waals surface area (Å²) in [5.41, 5.74) is 1.17. The van der Waals surface area contributed by atoms with Crippen LogP contribution in [0.1, 0.15) is 18.9 Å². The molecule has 1 aromatic rings. The fourth-order valence-electron chi connectivity index (χ4n) is 1.28. The van der Waals surface area contributed by atoms with Crippen molar-refractivity contribution in [3.05, 3.63) is 23.9 Å². The van der Waals surface area contributed by atoms with Crippen molar-refractivity contribution < 1.29 is 9.53 Å². The number of esters is 1. The first kappa shape index (κ1) is 14.0. The molecular weight excluding hydrogens is 236 g/mol. The van der Waals surface area contributed by atoms with Crippen molar-refractivity contribution in [1.82, 2.24) is 10.3 Å². The van der Waals surface area contributed by atoms with Gasteiger partial charge in [0, 0.05) is 18.5 Å². The summed E-state index contributed by atoms with van der Waals surface area (Å²) in [5.74, 6) is 0.518. The lowest BCUT2D eigenvalue weighted by Crippen LogP contribution is -2.12. The van der Waals surface area contributed by atoms with Crippen LogP contribution in [0.2, 0.25) is 0 Å². The number of nitrogens with zero attached hydrogens (tertiary/aromatic N) is 1. The molecule has 1 heterocycles. The highest BCUT2D eigenvalue weighted by atomic mass is 32.2. The van der Waals surface area contributed by atoms with E-state index < -0.39 is 0 Å². The van der Waals surface area contributed by atoms with Crippen LogP contribution in [0.15, 0.2) is 23.4 Å². The molecule has 0 aliphatic heterocycles. The second kappa shape index (κ2) is 8.08. The molecule has 0 radical (unpaired) electrons. The lowest BCUT2D eigenvalue weighted by molar-refractivity contribution is -0.140. The molecule has 0 amide bonds. The number of hydrogen-bond donors (Lipinski definition) is 1. The van der Waals surface area contributed by atoms with E-state index >= 15 is 0 Å². The Labute approximate surface area is 106 Å². The standard InChI is InChI=1S/C12H18N2O2S/c1-3-13-9-10-5-4-7-14-12(10)17-8-6-11(15)16-2/h4-5,7,13H,3,6,8-9H2,1-2H3. The van der Waals surface area contributed by atoms with Gasteiger partial charge in [0.2, 0.25) is 0 Å². The van der Waals surface area contributed by atoms with Crippen LogP contribution in [0.4, 0.5) is 0 Å². The van der Waals surface area contributed by atoms with E-state index in [1.54, 1.807) is 18.0 Å². The third-order valence-corrected chi connectivity index (χ3v) is 3.24. The van der Waals surface area contributed by atoms with Crippen LogP contribution in [-0.4, -0.2) is 30.4 Å². The number of pyridine rings is 1. The SMILES string of the molecule is CCNCc1cccnc1SCCC(=O)OC. The number of carbonyl (C=O) groups is 1. The Balaban J connectivity index is 2.48. The molecule has 4 nitrogen and oxygen atoms in total. The number of thioether (sulfide) groups is 1. The van der Waals surface area contributed by atoms with Gasteiger partial charge in [-0.3, -0.25) is 4.79 Å². The monoisotopic (exact) mass is 254 g/mol. The summed E-state index contributed by atoms with van der Waals surface area (Å²) < 4.78 is 4.60. The van der Waals surface area contributed by atoms with Crippen molar-refractivity contribution in [3.63, 3.8) is 0 Å². The average Bonchev–Trinajstić information content (AvgIpc) is 2.37. The first-order valence-corrected chi connectivity index (χ1v) is 6.60. The van der Waals surface area contributed by atoms with E-state index in [9.17, 15) is 4.79 Å². The molecule has 17 heavy (non-hydrogen) atoms. The molecule has 0 aromatic carbocycles. The van der Waals surface area contributed by atoms with E-state index in [2.05, 4.69) is 28.0 Å². The molecule has 5 heteroatoms. The molecule has 94 valence electrons. The molecule has 0 bridgehead atoms. The molecule has 0 unspecified atom stereocenters. The summed E-state index contributed by atoms with van der Waals surface area (Å²) in [6.45, 7) is 3.81. The predicted octanol–water partition coefficient (Wildman–Crippen LogP) is 1.85. The smallest absolute Gasteiger partial charge is 0.306 e. The second-order valence-corrected chi connectivity index (χ2v) is 4.51. The summed E-state index contributed by atoms with van der Waals surface area (Å²) in [6.07, 6.45) is 2.19. The molecule has 1 rings (SSSR count). The number of carbonyl (C=O) groups excluding carboxylic acids is 1. The Morgan fingerprint density at radius 1 is 1.59 bits per heavy atom. The van der Waals surface area contributed by atoms with Crippen LogP contribution in [0.25, 0.3) is 0 Å². The van der Waals surface area contributed by atoms with Gasteiger partial charge in [-0.05, 0) is 18.2 Å². The van der Waals surface area contributed by atoms with Crippen molar-refractivity contribution >= 4 is 17.7 Å². The summed E-state index contributed by atoms with van der Waals surface area (Å²) in [4.78, 5) is 15.3. The van der Waals surface area contributed by atoms with Gasteiger partial charge >= 0.3 is 5.97 Å². The van der Waals surface area contributed by atoms with E-state index in [0.29, 0.717) is 12.2 Å². The van der Waals surface area contributed by atoms with E-state index in [4.69, 9.17) is 0 Å². The van der Waals surface area contributed by atoms with E-state index in [0.717, 1.165) is 18.1 Å². The maximum absolute atomic E-state index is 11.0. The van der Waals surface area contributed by atoms with Crippen LogP contribution >= 0.6 is 11.8 Å². The van der Waals surface area contributed by atoms with Gasteiger partial charge in [0.1, 0.15) is 5.03 Å². The molecule has 0 fully saturated rings. The first-order valence-electron chi connectivity index (χ1n) is 5.62. The topological polar surface area (TPSA) is 51.2 Å². The zero-order valence-corrected chi connectivity index (χ0v) is 11.0. The highest BCUT2D eigenvalue weighted by molar-refractivity contribution is 7.99. The molecule has 0 atom stereocenters. The minimum absolute atomic E-state index is 0.179. The van der Waals surface area contributed by atoms with Gasteiger partial charge in [-0.1, -0.05) is 13.0 Å². The fourth-order valence-corrected chi connectivity index (χ4v) is 2.20. The fraction of sp³-hybridized carbons (Fsp3) is 0.500. The van der Waals surface area contributed by atoms with Gasteiger partial charge in [0.15, 0.2) is 0 Å². The Kier molecular flexibility index (Phi) is 6.65. The van der Waals surface area contributed by atoms with Crippen molar-refractivity contribution in [3.8, 4) is 0 Å². The Morgan fingerprint density at radius 3 is 3.12 bits per heavy atom. The molecule has 1 N–H and O–H groups in total. The van der Waals surface area contributed by atoms with Gasteiger partial charge in [0.05, 0.1) is 13.5 Å². The largest absolute Gasteiger partial charge is 0.469 e. The van der Waals surface area contributed by atoms with Crippen LogP contribution in [0.5, 0.6) is 0 Å². The normalized spacial score (nSPS) is 10.2. The number of nitrogens with one attached hydrogen (secondary N) is 1. The number of aromatic nitrogens is 1. The number of ether oxygens (including phenoxy) is 1. The minimum atomic E-state index is -0.179. The summed E-state index contributed by atoms with van der Waals surface area (Å²) in [6, 6.07) is 3.98. The quantitative estimate of drug-likeness (QED) is 0.594. The molecule has 0 saturated carbocycles. The molecule has 0 aliphatic carbocycles. The van der Waals surface area contributed by atoms with E-state index in [1.807, 2.05) is 6.07 Å². The van der Waals surface area contributed by atoms with Crippen LogP contribution in [0, 0.1) is 0 Å². The molecule has 0 saturated heterocycles. The predicted molar refractivity (Wildman–Crippen MR) is 69.0 cm³/mol. The lowest BCUT2D eigenvalue weighted by Gasteiger charge is -2.07. The maximum Gasteiger partial charge on any atom is 0.306 e. The van der Waals surface area contributed by atoms with Gasteiger partial charge in [-0.25, -0.2) is 4.98 Å². The minimum Gasteiger partial charge on any atom is -0.469 e. The van der Waals surface area contributed by atoms with Gasteiger partial charge < -0.3 is 10.1 Å². The van der Waals surface area contributed by atoms with Crippen LogP contribution in [-0.2, 0) is 16.1 Å².